The summed E-state index contributed by atoms with van der Waals surface area (Å²) >= 11 is 0. The summed E-state index contributed by atoms with van der Waals surface area (Å²) in [6.45, 7) is 20.0. The van der Waals surface area contributed by atoms with Crippen LogP contribution in [0.15, 0.2) is 0 Å². The fourth-order valence-corrected chi connectivity index (χ4v) is 15.4. The monoisotopic (exact) mass is 684 g/mol. The van der Waals surface area contributed by atoms with E-state index in [2.05, 4.69) is 58.7 Å². The van der Waals surface area contributed by atoms with E-state index in [1.807, 2.05) is 0 Å². The molecular weight excluding hydrogens is 617 g/mol. The predicted molar refractivity (Wildman–Crippen MR) is 194 cm³/mol. The molecule has 0 aromatic carbocycles. The number of rotatable bonds is 8. The van der Waals surface area contributed by atoms with E-state index in [1.54, 1.807) is 0 Å². The minimum Gasteiger partial charge on any atom is -0.462 e. The molecule has 0 bridgehead atoms. The van der Waals surface area contributed by atoms with Crippen LogP contribution in [0.1, 0.15) is 132 Å². The van der Waals surface area contributed by atoms with Crippen LogP contribution in [0.5, 0.6) is 0 Å². The molecule has 1 aliphatic heterocycles. The molecule has 0 aromatic rings. The zero-order valence-corrected chi connectivity index (χ0v) is 32.3. The van der Waals surface area contributed by atoms with Crippen molar-refractivity contribution in [3.8, 4) is 0 Å². The maximum Gasteiger partial charge on any atom is 0.309 e. The second-order valence-electron chi connectivity index (χ2n) is 19.4. The van der Waals surface area contributed by atoms with Gasteiger partial charge in [-0.2, -0.15) is 0 Å². The van der Waals surface area contributed by atoms with Crippen molar-refractivity contribution >= 4 is 23.1 Å². The summed E-state index contributed by atoms with van der Waals surface area (Å²) in [6, 6.07) is 0.555. The molecule has 6 saturated carbocycles. The molecule has 0 spiro atoms. The van der Waals surface area contributed by atoms with Gasteiger partial charge in [-0.15, -0.1) is 0 Å². The molecule has 1 heterocycles. The van der Waals surface area contributed by atoms with Crippen LogP contribution in [0.25, 0.3) is 0 Å². The lowest BCUT2D eigenvalue weighted by Gasteiger charge is -2.72. The Morgan fingerprint density at radius 1 is 0.917 bits per heavy atom. The Morgan fingerprint density at radius 2 is 1.67 bits per heavy atom. The van der Waals surface area contributed by atoms with E-state index < -0.39 is 10.8 Å². The first-order valence-electron chi connectivity index (χ1n) is 20.2. The summed E-state index contributed by atoms with van der Waals surface area (Å²) in [5.41, 5.74) is 1.05. The van der Waals surface area contributed by atoms with Crippen LogP contribution in [0, 0.1) is 63.1 Å². The van der Waals surface area contributed by atoms with Crippen molar-refractivity contribution in [2.24, 2.45) is 63.1 Å². The van der Waals surface area contributed by atoms with Gasteiger partial charge in [0.1, 0.15) is 12.4 Å². The van der Waals surface area contributed by atoms with E-state index in [9.17, 15) is 13.8 Å². The second-order valence-corrected chi connectivity index (χ2v) is 21.1. The Labute approximate surface area is 294 Å². The standard InChI is InChI=1S/C41H68N2O4S/c1-8-29(43-20-22-48(46)23-21-43)25-42-41-15-9-10-32(41)31-11-12-35-38(5)16-14-34(47-36(45)33-24-28(26-44)37(33,3)4)27(2)30(38)13-17-40(35,7)39(31,6)18-19-41/h26-35,42H,8-25H2,1-7H3/t27?,28?,29?,30?,31?,32-,33?,34?,35?,38?,39-,40?,41?/m1/s1. The number of hydrogen-bond donors (Lipinski definition) is 1. The number of aldehydes is 1. The largest absolute Gasteiger partial charge is 0.462 e. The molecular formula is C41H68N2O4S. The normalized spacial score (nSPS) is 49.4. The van der Waals surface area contributed by atoms with E-state index in [0.717, 1.165) is 61.6 Å². The molecule has 7 rings (SSSR count). The Bertz CT molecular complexity index is 1260. The maximum atomic E-state index is 13.4. The van der Waals surface area contributed by atoms with Gasteiger partial charge in [0.05, 0.1) is 5.92 Å². The average Bonchev–Trinajstić information content (AvgIpc) is 3.48. The highest BCUT2D eigenvalue weighted by Crippen LogP contribution is 2.75. The molecule has 13 atom stereocenters. The number of esters is 1. The summed E-state index contributed by atoms with van der Waals surface area (Å²) < 4.78 is 18.4. The van der Waals surface area contributed by atoms with Crippen LogP contribution in [-0.4, -0.2) is 70.2 Å². The summed E-state index contributed by atoms with van der Waals surface area (Å²) in [5, 5.41) is 4.32. The van der Waals surface area contributed by atoms with Crippen LogP contribution < -0.4 is 5.32 Å². The summed E-state index contributed by atoms with van der Waals surface area (Å²) in [6.07, 6.45) is 17.1. The maximum absolute atomic E-state index is 13.4. The Balaban J connectivity index is 1.04. The average molecular weight is 685 g/mol. The zero-order valence-electron chi connectivity index (χ0n) is 31.5. The molecule has 11 unspecified atom stereocenters. The van der Waals surface area contributed by atoms with Gasteiger partial charge in [0.25, 0.3) is 0 Å². The first kappa shape index (κ1) is 35.6. The smallest absolute Gasteiger partial charge is 0.309 e. The molecule has 272 valence electrons. The first-order chi connectivity index (χ1) is 22.7. The van der Waals surface area contributed by atoms with Crippen LogP contribution in [0.4, 0.5) is 0 Å². The first-order valence-corrected chi connectivity index (χ1v) is 21.7. The van der Waals surface area contributed by atoms with Crippen LogP contribution >= 0.6 is 0 Å². The fourth-order valence-electron chi connectivity index (χ4n) is 14.3. The zero-order chi connectivity index (χ0) is 34.3. The number of ether oxygens (including phenoxy) is 1. The van der Waals surface area contributed by atoms with E-state index in [1.165, 1.54) is 70.6 Å². The van der Waals surface area contributed by atoms with Crippen molar-refractivity contribution in [2.75, 3.05) is 31.1 Å². The van der Waals surface area contributed by atoms with Crippen molar-refractivity contribution in [1.29, 1.82) is 0 Å². The Morgan fingerprint density at radius 3 is 2.35 bits per heavy atom. The SMILES string of the molecule is CCC(CNC12CCC[C@@H]1C1CCC3C4(C)CCC(OC(=O)C5CC(C=O)C5(C)C)C(C)C4CCC3(C)[C@]1(C)CC2)N1CCS(=O)CC1. The van der Waals surface area contributed by atoms with Crippen LogP contribution in [-0.2, 0) is 25.1 Å². The van der Waals surface area contributed by atoms with Gasteiger partial charge in [-0.25, -0.2) is 0 Å². The van der Waals surface area contributed by atoms with Crippen molar-refractivity contribution in [3.63, 3.8) is 0 Å². The highest BCUT2D eigenvalue weighted by molar-refractivity contribution is 7.85. The van der Waals surface area contributed by atoms with E-state index >= 15 is 0 Å². The van der Waals surface area contributed by atoms with Crippen molar-refractivity contribution < 1.29 is 18.5 Å². The van der Waals surface area contributed by atoms with Gasteiger partial charge in [-0.05, 0) is 128 Å². The third kappa shape index (κ3) is 5.29. The van der Waals surface area contributed by atoms with Crippen molar-refractivity contribution in [1.82, 2.24) is 10.2 Å². The minimum absolute atomic E-state index is 0.0110. The van der Waals surface area contributed by atoms with Crippen LogP contribution in [0.3, 0.4) is 0 Å². The number of carbonyl (C=O) groups is 2. The molecule has 7 heteroatoms. The van der Waals surface area contributed by atoms with Gasteiger partial charge in [-0.3, -0.25) is 13.9 Å². The number of hydrogen-bond acceptors (Lipinski definition) is 6. The molecule has 0 amide bonds. The second kappa shape index (κ2) is 12.7. The van der Waals surface area contributed by atoms with Gasteiger partial charge in [0.2, 0.25) is 0 Å². The van der Waals surface area contributed by atoms with Gasteiger partial charge in [0.15, 0.2) is 0 Å². The number of fused-ring (bicyclic) bond motifs is 7. The summed E-state index contributed by atoms with van der Waals surface area (Å²) in [7, 11) is -0.618. The Hall–Kier alpha value is -0.790. The van der Waals surface area contributed by atoms with E-state index in [-0.39, 0.29) is 29.3 Å². The number of carbonyl (C=O) groups excluding carboxylic acids is 2. The van der Waals surface area contributed by atoms with Gasteiger partial charge < -0.3 is 14.8 Å². The van der Waals surface area contributed by atoms with Gasteiger partial charge >= 0.3 is 5.97 Å². The molecule has 6 aliphatic carbocycles. The van der Waals surface area contributed by atoms with Gasteiger partial charge in [0, 0.05) is 59.4 Å². The third-order valence-corrected chi connectivity index (χ3v) is 19.1. The third-order valence-electron chi connectivity index (χ3n) is 17.8. The molecule has 7 aliphatic rings. The highest BCUT2D eigenvalue weighted by atomic mass is 32.2. The van der Waals surface area contributed by atoms with E-state index in [0.29, 0.717) is 46.1 Å². The molecule has 0 aromatic heterocycles. The molecule has 1 N–H and O–H groups in total. The molecule has 48 heavy (non-hydrogen) atoms. The molecule has 7 fully saturated rings. The molecule has 1 saturated heterocycles. The Kier molecular flexibility index (Phi) is 9.43. The van der Waals surface area contributed by atoms with E-state index in [4.69, 9.17) is 4.74 Å². The molecule has 0 radical (unpaired) electrons. The lowest BCUT2D eigenvalue weighted by atomic mass is 9.34. The highest BCUT2D eigenvalue weighted by Gasteiger charge is 2.69. The summed E-state index contributed by atoms with van der Waals surface area (Å²) in [5.74, 6) is 4.77. The predicted octanol–water partition coefficient (Wildman–Crippen LogP) is 7.41. The number of nitrogens with one attached hydrogen (secondary N) is 1. The van der Waals surface area contributed by atoms with Crippen molar-refractivity contribution in [3.05, 3.63) is 0 Å². The topological polar surface area (TPSA) is 75.7 Å². The minimum atomic E-state index is -0.618. The van der Waals surface area contributed by atoms with Crippen LogP contribution in [0.2, 0.25) is 0 Å². The van der Waals surface area contributed by atoms with Gasteiger partial charge in [-0.1, -0.05) is 54.9 Å². The lowest BCUT2D eigenvalue weighted by Crippen LogP contribution is -2.68. The van der Waals surface area contributed by atoms with Crippen molar-refractivity contribution in [2.45, 2.75) is 150 Å². The number of nitrogens with zero attached hydrogens (tertiary/aromatic N) is 1. The summed E-state index contributed by atoms with van der Waals surface area (Å²) in [4.78, 5) is 27.5. The fraction of sp³-hybridized carbons (Fsp3) is 0.951. The quantitative estimate of drug-likeness (QED) is 0.212. The molecule has 6 nitrogen and oxygen atoms in total. The lowest BCUT2D eigenvalue weighted by molar-refractivity contribution is -0.232.